The summed E-state index contributed by atoms with van der Waals surface area (Å²) in [4.78, 5) is 38.8. The highest BCUT2D eigenvalue weighted by Crippen LogP contribution is 2.29. The second-order valence-corrected chi connectivity index (χ2v) is 7.22. The highest BCUT2D eigenvalue weighted by Gasteiger charge is 2.36. The van der Waals surface area contributed by atoms with E-state index >= 15 is 0 Å². The average molecular weight is 396 g/mol. The van der Waals surface area contributed by atoms with Crippen molar-refractivity contribution in [2.75, 3.05) is 10.2 Å². The van der Waals surface area contributed by atoms with Crippen LogP contribution in [-0.4, -0.2) is 17.7 Å². The third-order valence-corrected chi connectivity index (χ3v) is 5.01. The minimum absolute atomic E-state index is 0.297. The van der Waals surface area contributed by atoms with Gasteiger partial charge in [0.05, 0.1) is 16.8 Å². The maximum absolute atomic E-state index is 12.7. The first-order valence-corrected chi connectivity index (χ1v) is 9.58. The second kappa shape index (κ2) is 7.79. The molecule has 0 unspecified atom stereocenters. The first-order chi connectivity index (χ1) is 14.4. The Hall–Kier alpha value is -3.99. The molecule has 0 spiro atoms. The number of amides is 3. The van der Waals surface area contributed by atoms with Crippen LogP contribution in [0.1, 0.15) is 37.4 Å². The highest BCUT2D eigenvalue weighted by molar-refractivity contribution is 6.34. The molecule has 1 N–H and O–H groups in total. The number of fused-ring (bicyclic) bond motifs is 1. The third-order valence-electron chi connectivity index (χ3n) is 5.01. The maximum Gasteiger partial charge on any atom is 0.266 e. The fourth-order valence-electron chi connectivity index (χ4n) is 3.51. The molecule has 1 aliphatic rings. The molecule has 1 heterocycles. The van der Waals surface area contributed by atoms with E-state index < -0.39 is 0 Å². The Labute approximate surface area is 174 Å². The van der Waals surface area contributed by atoms with Crippen LogP contribution >= 0.6 is 0 Å². The fourth-order valence-corrected chi connectivity index (χ4v) is 3.51. The molecule has 3 aromatic rings. The van der Waals surface area contributed by atoms with Crippen LogP contribution < -0.4 is 10.2 Å². The number of anilines is 2. The first kappa shape index (κ1) is 19.3. The Bertz CT molecular complexity index is 1180. The predicted molar refractivity (Wildman–Crippen MR) is 118 cm³/mol. The molecule has 0 aliphatic carbocycles. The molecule has 5 heteroatoms. The zero-order valence-electron chi connectivity index (χ0n) is 16.7. The van der Waals surface area contributed by atoms with E-state index in [1.807, 2.05) is 26.0 Å². The topological polar surface area (TPSA) is 66.5 Å². The molecule has 30 heavy (non-hydrogen) atoms. The number of imide groups is 1. The van der Waals surface area contributed by atoms with Crippen molar-refractivity contribution in [1.82, 2.24) is 0 Å². The Kier molecular flexibility index (Phi) is 5.02. The quantitative estimate of drug-likeness (QED) is 0.511. The first-order valence-electron chi connectivity index (χ1n) is 9.58. The van der Waals surface area contributed by atoms with Gasteiger partial charge < -0.3 is 5.32 Å². The smallest absolute Gasteiger partial charge is 0.266 e. The Morgan fingerprint density at radius 1 is 0.867 bits per heavy atom. The summed E-state index contributed by atoms with van der Waals surface area (Å²) in [7, 11) is 0. The molecule has 4 rings (SSSR count). The van der Waals surface area contributed by atoms with Crippen LogP contribution in [-0.2, 0) is 4.79 Å². The standard InChI is InChI=1S/C25H20N2O3/c1-16-10-11-18(17(2)14-16)12-13-23(28)26-19-6-5-7-20(15-19)27-24(29)21-8-3-4-9-22(21)25(27)30/h3-15H,1-2H3,(H,26,28)/b13-12+. The van der Waals surface area contributed by atoms with Crippen molar-refractivity contribution < 1.29 is 14.4 Å². The maximum atomic E-state index is 12.7. The summed E-state index contributed by atoms with van der Waals surface area (Å²) < 4.78 is 0. The predicted octanol–water partition coefficient (Wildman–Crippen LogP) is 4.76. The molecule has 0 saturated carbocycles. The number of nitrogens with zero attached hydrogens (tertiary/aromatic N) is 1. The van der Waals surface area contributed by atoms with Crippen molar-refractivity contribution in [2.24, 2.45) is 0 Å². The molecular formula is C25H20N2O3. The lowest BCUT2D eigenvalue weighted by atomic mass is 10.1. The van der Waals surface area contributed by atoms with Crippen LogP contribution in [0.5, 0.6) is 0 Å². The molecule has 0 aromatic heterocycles. The van der Waals surface area contributed by atoms with Gasteiger partial charge in [-0.1, -0.05) is 42.0 Å². The summed E-state index contributed by atoms with van der Waals surface area (Å²) in [6, 6.07) is 19.5. The zero-order valence-corrected chi connectivity index (χ0v) is 16.7. The lowest BCUT2D eigenvalue weighted by molar-refractivity contribution is -0.111. The largest absolute Gasteiger partial charge is 0.322 e. The van der Waals surface area contributed by atoms with Crippen molar-refractivity contribution in [3.63, 3.8) is 0 Å². The van der Waals surface area contributed by atoms with E-state index in [9.17, 15) is 14.4 Å². The summed E-state index contributed by atoms with van der Waals surface area (Å²) in [5, 5.41) is 2.78. The molecule has 3 aromatic carbocycles. The van der Waals surface area contributed by atoms with Gasteiger partial charge in [0.2, 0.25) is 5.91 Å². The summed E-state index contributed by atoms with van der Waals surface area (Å²) in [5.41, 5.74) is 4.90. The van der Waals surface area contributed by atoms with E-state index in [0.29, 0.717) is 22.5 Å². The van der Waals surface area contributed by atoms with Gasteiger partial charge in [0.15, 0.2) is 0 Å². The van der Waals surface area contributed by atoms with E-state index in [2.05, 4.69) is 11.4 Å². The van der Waals surface area contributed by atoms with Gasteiger partial charge in [-0.05, 0) is 61.4 Å². The molecule has 0 radical (unpaired) electrons. The van der Waals surface area contributed by atoms with E-state index in [-0.39, 0.29) is 17.7 Å². The monoisotopic (exact) mass is 396 g/mol. The lowest BCUT2D eigenvalue weighted by Crippen LogP contribution is -2.29. The van der Waals surface area contributed by atoms with E-state index in [1.54, 1.807) is 54.6 Å². The SMILES string of the molecule is Cc1ccc(/C=C/C(=O)Nc2cccc(N3C(=O)c4ccccc4C3=O)c2)c(C)c1. The molecule has 0 atom stereocenters. The van der Waals surface area contributed by atoms with Crippen LogP contribution in [0.15, 0.2) is 72.8 Å². The summed E-state index contributed by atoms with van der Waals surface area (Å²) in [6.07, 6.45) is 3.23. The minimum atomic E-state index is -0.367. The third kappa shape index (κ3) is 3.65. The fraction of sp³-hybridized carbons (Fsp3) is 0.0800. The van der Waals surface area contributed by atoms with Gasteiger partial charge in [0.1, 0.15) is 0 Å². The van der Waals surface area contributed by atoms with Crippen molar-refractivity contribution in [2.45, 2.75) is 13.8 Å². The highest BCUT2D eigenvalue weighted by atomic mass is 16.2. The van der Waals surface area contributed by atoms with Crippen molar-refractivity contribution in [3.8, 4) is 0 Å². The van der Waals surface area contributed by atoms with Crippen LogP contribution in [0.25, 0.3) is 6.08 Å². The molecule has 0 fully saturated rings. The number of aryl methyl sites for hydroxylation is 2. The number of nitrogens with one attached hydrogen (secondary N) is 1. The molecular weight excluding hydrogens is 376 g/mol. The molecule has 1 aliphatic heterocycles. The Morgan fingerprint density at radius 3 is 2.23 bits per heavy atom. The van der Waals surface area contributed by atoms with Crippen LogP contribution in [0.3, 0.4) is 0 Å². The average Bonchev–Trinajstić information content (AvgIpc) is 2.98. The van der Waals surface area contributed by atoms with Gasteiger partial charge in [0.25, 0.3) is 11.8 Å². The number of rotatable bonds is 4. The van der Waals surface area contributed by atoms with E-state index in [4.69, 9.17) is 0 Å². The molecule has 0 saturated heterocycles. The zero-order chi connectivity index (χ0) is 21.3. The van der Waals surface area contributed by atoms with Gasteiger partial charge in [0, 0.05) is 11.8 Å². The summed E-state index contributed by atoms with van der Waals surface area (Å²) >= 11 is 0. The number of benzene rings is 3. The van der Waals surface area contributed by atoms with Gasteiger partial charge in [-0.3, -0.25) is 14.4 Å². The minimum Gasteiger partial charge on any atom is -0.322 e. The molecule has 5 nitrogen and oxygen atoms in total. The summed E-state index contributed by atoms with van der Waals surface area (Å²) in [6.45, 7) is 4.02. The normalized spacial score (nSPS) is 13.1. The number of hydrogen-bond acceptors (Lipinski definition) is 3. The van der Waals surface area contributed by atoms with E-state index in [0.717, 1.165) is 16.0 Å². The van der Waals surface area contributed by atoms with Gasteiger partial charge in [-0.15, -0.1) is 0 Å². The number of hydrogen-bond donors (Lipinski definition) is 1. The van der Waals surface area contributed by atoms with Crippen LogP contribution in [0.2, 0.25) is 0 Å². The molecule has 148 valence electrons. The molecule has 3 amide bonds. The van der Waals surface area contributed by atoms with E-state index in [1.165, 1.54) is 11.6 Å². The Balaban J connectivity index is 1.52. The van der Waals surface area contributed by atoms with Crippen molar-refractivity contribution >= 4 is 35.2 Å². The number of carbonyl (C=O) groups excluding carboxylic acids is 3. The lowest BCUT2D eigenvalue weighted by Gasteiger charge is -2.15. The summed E-state index contributed by atoms with van der Waals surface area (Å²) in [5.74, 6) is -1.03. The number of carbonyl (C=O) groups is 3. The second-order valence-electron chi connectivity index (χ2n) is 7.22. The van der Waals surface area contributed by atoms with Gasteiger partial charge in [-0.25, -0.2) is 4.90 Å². The van der Waals surface area contributed by atoms with Gasteiger partial charge >= 0.3 is 0 Å². The molecule has 0 bridgehead atoms. The Morgan fingerprint density at radius 2 is 1.57 bits per heavy atom. The van der Waals surface area contributed by atoms with Gasteiger partial charge in [-0.2, -0.15) is 0 Å². The van der Waals surface area contributed by atoms with Crippen LogP contribution in [0.4, 0.5) is 11.4 Å². The van der Waals surface area contributed by atoms with Crippen molar-refractivity contribution in [1.29, 1.82) is 0 Å². The van der Waals surface area contributed by atoms with Crippen LogP contribution in [0, 0.1) is 13.8 Å². The van der Waals surface area contributed by atoms with Crippen molar-refractivity contribution in [3.05, 3.63) is 101 Å².